The van der Waals surface area contributed by atoms with Gasteiger partial charge in [0.05, 0.1) is 6.61 Å². The highest BCUT2D eigenvalue weighted by atomic mass is 16.3. The van der Waals surface area contributed by atoms with Crippen LogP contribution in [0.2, 0.25) is 0 Å². The molecule has 18 heavy (non-hydrogen) atoms. The number of piperazine rings is 1. The highest BCUT2D eigenvalue weighted by molar-refractivity contribution is 5.51. The summed E-state index contributed by atoms with van der Waals surface area (Å²) in [5, 5.41) is 8.93. The van der Waals surface area contributed by atoms with Crippen LogP contribution in [0.4, 0.5) is 5.69 Å². The van der Waals surface area contributed by atoms with Crippen molar-refractivity contribution in [1.29, 1.82) is 0 Å². The van der Waals surface area contributed by atoms with Gasteiger partial charge in [-0.2, -0.15) is 0 Å². The van der Waals surface area contributed by atoms with Crippen LogP contribution in [0.15, 0.2) is 18.2 Å². The maximum Gasteiger partial charge on any atom is 0.0558 e. The van der Waals surface area contributed by atoms with Crippen molar-refractivity contribution in [3.8, 4) is 0 Å². The molecule has 0 aliphatic carbocycles. The summed E-state index contributed by atoms with van der Waals surface area (Å²) in [5.74, 6) is 0. The molecule has 2 rings (SSSR count). The third-order valence-electron chi connectivity index (χ3n) is 3.70. The van der Waals surface area contributed by atoms with Crippen LogP contribution < -0.4 is 10.6 Å². The summed E-state index contributed by atoms with van der Waals surface area (Å²) in [6.45, 7) is 7.88. The molecule has 1 saturated heterocycles. The molecule has 3 N–H and O–H groups in total. The third kappa shape index (κ3) is 3.02. The predicted molar refractivity (Wildman–Crippen MR) is 74.8 cm³/mol. The molecule has 1 heterocycles. The Labute approximate surface area is 109 Å². The summed E-state index contributed by atoms with van der Waals surface area (Å²) in [6.07, 6.45) is 0. The van der Waals surface area contributed by atoms with E-state index in [2.05, 4.69) is 34.9 Å². The lowest BCUT2D eigenvalue weighted by atomic mass is 10.1. The molecule has 100 valence electrons. The maximum atomic E-state index is 8.93. The van der Waals surface area contributed by atoms with Crippen molar-refractivity contribution in [1.82, 2.24) is 4.90 Å². The second kappa shape index (κ2) is 6.18. The number of aliphatic hydroxyl groups excluding tert-OH is 1. The van der Waals surface area contributed by atoms with Gasteiger partial charge in [0.15, 0.2) is 0 Å². The quantitative estimate of drug-likeness (QED) is 0.819. The number of anilines is 1. The molecule has 0 atom stereocenters. The van der Waals surface area contributed by atoms with Crippen LogP contribution in [-0.4, -0.2) is 49.3 Å². The van der Waals surface area contributed by atoms with E-state index in [9.17, 15) is 0 Å². The number of nitrogens with zero attached hydrogens (tertiary/aromatic N) is 2. The molecule has 1 aliphatic rings. The van der Waals surface area contributed by atoms with Gasteiger partial charge in [-0.3, -0.25) is 4.90 Å². The van der Waals surface area contributed by atoms with Crippen LogP contribution in [0.3, 0.4) is 0 Å². The van der Waals surface area contributed by atoms with Gasteiger partial charge in [0.25, 0.3) is 0 Å². The van der Waals surface area contributed by atoms with Crippen molar-refractivity contribution >= 4 is 5.69 Å². The molecular formula is C14H23N3O. The molecular weight excluding hydrogens is 226 g/mol. The second-order valence-electron chi connectivity index (χ2n) is 4.87. The maximum absolute atomic E-state index is 8.93. The first-order valence-corrected chi connectivity index (χ1v) is 6.62. The van der Waals surface area contributed by atoms with Crippen molar-refractivity contribution in [3.63, 3.8) is 0 Å². The normalized spacial score (nSPS) is 17.2. The Bertz CT molecular complexity index is 387. The standard InChI is InChI=1S/C14H23N3O/c1-12-10-14(3-2-13(12)11-15)17-6-4-16(5-7-17)8-9-18/h2-3,10,18H,4-9,11,15H2,1H3. The smallest absolute Gasteiger partial charge is 0.0558 e. The molecule has 1 aromatic carbocycles. The molecule has 0 radical (unpaired) electrons. The van der Waals surface area contributed by atoms with E-state index in [1.165, 1.54) is 16.8 Å². The zero-order valence-electron chi connectivity index (χ0n) is 11.1. The SMILES string of the molecule is Cc1cc(N2CCN(CCO)CC2)ccc1CN. The Hall–Kier alpha value is -1.10. The number of rotatable bonds is 4. The number of benzene rings is 1. The fourth-order valence-corrected chi connectivity index (χ4v) is 2.48. The molecule has 1 aromatic rings. The summed E-state index contributed by atoms with van der Waals surface area (Å²) in [4.78, 5) is 4.71. The zero-order valence-corrected chi connectivity index (χ0v) is 11.1. The van der Waals surface area contributed by atoms with E-state index in [1.807, 2.05) is 0 Å². The number of β-amino-alcohol motifs (C(OH)–C–C–N with tert-alkyl or cyclic N) is 1. The lowest BCUT2D eigenvalue weighted by molar-refractivity contribution is 0.189. The van der Waals surface area contributed by atoms with Crippen LogP contribution in [-0.2, 0) is 6.54 Å². The lowest BCUT2D eigenvalue weighted by Gasteiger charge is -2.36. The van der Waals surface area contributed by atoms with Crippen molar-refractivity contribution in [2.75, 3.05) is 44.2 Å². The molecule has 4 nitrogen and oxygen atoms in total. The summed E-state index contributed by atoms with van der Waals surface area (Å²) in [6, 6.07) is 6.52. The van der Waals surface area contributed by atoms with Crippen LogP contribution in [0.1, 0.15) is 11.1 Å². The zero-order chi connectivity index (χ0) is 13.0. The monoisotopic (exact) mass is 249 g/mol. The van der Waals surface area contributed by atoms with Gasteiger partial charge in [-0.15, -0.1) is 0 Å². The Morgan fingerprint density at radius 3 is 2.50 bits per heavy atom. The largest absolute Gasteiger partial charge is 0.395 e. The van der Waals surface area contributed by atoms with Gasteiger partial charge >= 0.3 is 0 Å². The Morgan fingerprint density at radius 1 is 1.22 bits per heavy atom. The van der Waals surface area contributed by atoms with Gasteiger partial charge in [0.2, 0.25) is 0 Å². The van der Waals surface area contributed by atoms with Crippen LogP contribution in [0.5, 0.6) is 0 Å². The Balaban J connectivity index is 1.99. The Kier molecular flexibility index (Phi) is 4.58. The number of hydrogen-bond donors (Lipinski definition) is 2. The molecule has 1 aliphatic heterocycles. The fourth-order valence-electron chi connectivity index (χ4n) is 2.48. The first-order chi connectivity index (χ1) is 8.74. The molecule has 0 aromatic heterocycles. The van der Waals surface area contributed by atoms with E-state index in [-0.39, 0.29) is 6.61 Å². The van der Waals surface area contributed by atoms with Gasteiger partial charge in [-0.1, -0.05) is 6.07 Å². The predicted octanol–water partition coefficient (Wildman–Crippen LogP) is 0.568. The molecule has 0 saturated carbocycles. The molecule has 0 spiro atoms. The minimum Gasteiger partial charge on any atom is -0.395 e. The molecule has 0 amide bonds. The van der Waals surface area contributed by atoms with E-state index < -0.39 is 0 Å². The first-order valence-electron chi connectivity index (χ1n) is 6.62. The van der Waals surface area contributed by atoms with Gasteiger partial charge < -0.3 is 15.7 Å². The topological polar surface area (TPSA) is 52.7 Å². The Morgan fingerprint density at radius 2 is 1.94 bits per heavy atom. The fraction of sp³-hybridized carbons (Fsp3) is 0.571. The van der Waals surface area contributed by atoms with Crippen LogP contribution in [0.25, 0.3) is 0 Å². The minimum atomic E-state index is 0.254. The number of nitrogens with two attached hydrogens (primary N) is 1. The summed E-state index contributed by atoms with van der Waals surface area (Å²) < 4.78 is 0. The van der Waals surface area contributed by atoms with E-state index in [0.717, 1.165) is 32.7 Å². The average molecular weight is 249 g/mol. The molecule has 1 fully saturated rings. The van der Waals surface area contributed by atoms with Gasteiger partial charge in [-0.05, 0) is 30.2 Å². The van der Waals surface area contributed by atoms with E-state index in [4.69, 9.17) is 10.8 Å². The van der Waals surface area contributed by atoms with E-state index in [1.54, 1.807) is 0 Å². The first kappa shape index (κ1) is 13.3. The van der Waals surface area contributed by atoms with Crippen molar-refractivity contribution in [2.45, 2.75) is 13.5 Å². The summed E-state index contributed by atoms with van der Waals surface area (Å²) >= 11 is 0. The van der Waals surface area contributed by atoms with Gasteiger partial charge in [-0.25, -0.2) is 0 Å². The van der Waals surface area contributed by atoms with Crippen molar-refractivity contribution in [2.24, 2.45) is 5.73 Å². The van der Waals surface area contributed by atoms with Gasteiger partial charge in [0, 0.05) is 45.0 Å². The summed E-state index contributed by atoms with van der Waals surface area (Å²) in [7, 11) is 0. The highest BCUT2D eigenvalue weighted by Gasteiger charge is 2.16. The molecule has 0 bridgehead atoms. The van der Waals surface area contributed by atoms with E-state index in [0.29, 0.717) is 6.54 Å². The molecule has 4 heteroatoms. The lowest BCUT2D eigenvalue weighted by Crippen LogP contribution is -2.47. The number of aliphatic hydroxyl groups is 1. The van der Waals surface area contributed by atoms with Crippen LogP contribution in [0, 0.1) is 6.92 Å². The number of aryl methyl sites for hydroxylation is 1. The van der Waals surface area contributed by atoms with Crippen molar-refractivity contribution in [3.05, 3.63) is 29.3 Å². The van der Waals surface area contributed by atoms with E-state index >= 15 is 0 Å². The van der Waals surface area contributed by atoms with Gasteiger partial charge in [0.1, 0.15) is 0 Å². The summed E-state index contributed by atoms with van der Waals surface area (Å²) in [5.41, 5.74) is 9.46. The second-order valence-corrected chi connectivity index (χ2v) is 4.87. The van der Waals surface area contributed by atoms with Crippen LogP contribution >= 0.6 is 0 Å². The third-order valence-corrected chi connectivity index (χ3v) is 3.70. The minimum absolute atomic E-state index is 0.254. The van der Waals surface area contributed by atoms with Crippen molar-refractivity contribution < 1.29 is 5.11 Å². The highest BCUT2D eigenvalue weighted by Crippen LogP contribution is 2.20. The molecule has 0 unspecified atom stereocenters. The number of hydrogen-bond acceptors (Lipinski definition) is 4. The average Bonchev–Trinajstić information content (AvgIpc) is 2.40.